The van der Waals surface area contributed by atoms with Crippen LogP contribution >= 0.6 is 11.6 Å². The molecule has 0 aliphatic heterocycles. The van der Waals surface area contributed by atoms with Crippen molar-refractivity contribution in [2.45, 2.75) is 6.54 Å². The summed E-state index contributed by atoms with van der Waals surface area (Å²) in [6.07, 6.45) is 1.09. The molecule has 0 aromatic heterocycles. The van der Waals surface area contributed by atoms with Gasteiger partial charge in [-0.1, -0.05) is 35.9 Å². The summed E-state index contributed by atoms with van der Waals surface area (Å²) in [4.78, 5) is 12.4. The standard InChI is InChI=1S/C23H22ClFN2O4S/c1-32(29,30)27(16-17-6-10-19(25)11-7-17)20-12-8-18(9-13-20)23(28)26-14-15-31-22-5-3-2-4-21(22)24/h2-13H,14-16H2,1H3,(H,26,28). The highest BCUT2D eigenvalue weighted by molar-refractivity contribution is 7.92. The van der Waals surface area contributed by atoms with Gasteiger partial charge in [-0.05, 0) is 54.1 Å². The molecule has 0 atom stereocenters. The number of carbonyl (C=O) groups excluding carboxylic acids is 1. The van der Waals surface area contributed by atoms with Crippen LogP contribution in [0.2, 0.25) is 5.02 Å². The van der Waals surface area contributed by atoms with Gasteiger partial charge in [0.05, 0.1) is 30.1 Å². The normalized spacial score (nSPS) is 11.1. The fourth-order valence-electron chi connectivity index (χ4n) is 2.92. The second kappa shape index (κ2) is 10.5. The van der Waals surface area contributed by atoms with Gasteiger partial charge in [-0.3, -0.25) is 9.10 Å². The van der Waals surface area contributed by atoms with Crippen LogP contribution < -0.4 is 14.4 Å². The van der Waals surface area contributed by atoms with Crippen molar-refractivity contribution in [1.82, 2.24) is 5.32 Å². The summed E-state index contributed by atoms with van der Waals surface area (Å²) in [5, 5.41) is 3.23. The minimum atomic E-state index is -3.60. The summed E-state index contributed by atoms with van der Waals surface area (Å²) in [5.74, 6) is -0.175. The zero-order chi connectivity index (χ0) is 23.1. The van der Waals surface area contributed by atoms with E-state index in [1.807, 2.05) is 0 Å². The first-order valence-electron chi connectivity index (χ1n) is 9.72. The number of ether oxygens (including phenoxy) is 1. The third-order valence-electron chi connectivity index (χ3n) is 4.54. The SMILES string of the molecule is CS(=O)(=O)N(Cc1ccc(F)cc1)c1ccc(C(=O)NCCOc2ccccc2Cl)cc1. The van der Waals surface area contributed by atoms with Gasteiger partial charge in [-0.25, -0.2) is 12.8 Å². The summed E-state index contributed by atoms with van der Waals surface area (Å²) >= 11 is 6.02. The molecule has 9 heteroatoms. The van der Waals surface area contributed by atoms with Gasteiger partial charge in [0.15, 0.2) is 0 Å². The molecule has 1 amide bonds. The van der Waals surface area contributed by atoms with Crippen LogP contribution in [-0.2, 0) is 16.6 Å². The number of anilines is 1. The number of hydrogen-bond donors (Lipinski definition) is 1. The Kier molecular flexibility index (Phi) is 7.71. The predicted octanol–water partition coefficient (Wildman–Crippen LogP) is 4.25. The molecule has 3 aromatic carbocycles. The average Bonchev–Trinajstić information content (AvgIpc) is 2.76. The van der Waals surface area contributed by atoms with Crippen LogP contribution in [0.1, 0.15) is 15.9 Å². The van der Waals surface area contributed by atoms with E-state index in [0.717, 1.165) is 6.26 Å². The molecule has 0 unspecified atom stereocenters. The van der Waals surface area contributed by atoms with Crippen molar-refractivity contribution in [1.29, 1.82) is 0 Å². The van der Waals surface area contributed by atoms with E-state index < -0.39 is 15.8 Å². The molecule has 0 spiro atoms. The molecular weight excluding hydrogens is 455 g/mol. The van der Waals surface area contributed by atoms with Gasteiger partial charge in [-0.15, -0.1) is 0 Å². The Balaban J connectivity index is 1.60. The number of nitrogens with zero attached hydrogens (tertiary/aromatic N) is 1. The summed E-state index contributed by atoms with van der Waals surface area (Å²) in [6.45, 7) is 0.558. The Morgan fingerprint density at radius 1 is 1.03 bits per heavy atom. The summed E-state index contributed by atoms with van der Waals surface area (Å²) < 4.78 is 44.4. The lowest BCUT2D eigenvalue weighted by Crippen LogP contribution is -2.30. The minimum absolute atomic E-state index is 0.0457. The highest BCUT2D eigenvalue weighted by atomic mass is 35.5. The van der Waals surface area contributed by atoms with Crippen molar-refractivity contribution in [3.05, 3.63) is 94.8 Å². The second-order valence-corrected chi connectivity index (χ2v) is 9.29. The molecule has 0 saturated heterocycles. The average molecular weight is 477 g/mol. The van der Waals surface area contributed by atoms with Crippen LogP contribution in [0.25, 0.3) is 0 Å². The van der Waals surface area contributed by atoms with Gasteiger partial charge in [0.2, 0.25) is 10.0 Å². The number of amides is 1. The second-order valence-electron chi connectivity index (χ2n) is 6.98. The van der Waals surface area contributed by atoms with Crippen molar-refractivity contribution in [3.63, 3.8) is 0 Å². The highest BCUT2D eigenvalue weighted by Gasteiger charge is 2.18. The van der Waals surface area contributed by atoms with Crippen LogP contribution in [-0.4, -0.2) is 33.7 Å². The first-order valence-corrected chi connectivity index (χ1v) is 11.9. The van der Waals surface area contributed by atoms with Crippen LogP contribution in [0.4, 0.5) is 10.1 Å². The zero-order valence-corrected chi connectivity index (χ0v) is 18.9. The van der Waals surface area contributed by atoms with Crippen LogP contribution in [0.15, 0.2) is 72.8 Å². The minimum Gasteiger partial charge on any atom is -0.490 e. The molecule has 3 rings (SSSR count). The molecule has 168 valence electrons. The Hall–Kier alpha value is -3.10. The van der Waals surface area contributed by atoms with E-state index in [4.69, 9.17) is 16.3 Å². The first kappa shape index (κ1) is 23.6. The van der Waals surface area contributed by atoms with E-state index in [2.05, 4.69) is 5.32 Å². The number of benzene rings is 3. The van der Waals surface area contributed by atoms with Crippen molar-refractivity contribution in [2.24, 2.45) is 0 Å². The van der Waals surface area contributed by atoms with Crippen LogP contribution in [0.5, 0.6) is 5.75 Å². The highest BCUT2D eigenvalue weighted by Crippen LogP contribution is 2.23. The largest absolute Gasteiger partial charge is 0.490 e. The molecule has 0 aliphatic rings. The molecule has 0 radical (unpaired) electrons. The maximum absolute atomic E-state index is 13.1. The number of hydrogen-bond acceptors (Lipinski definition) is 4. The van der Waals surface area contributed by atoms with Crippen molar-refractivity contribution in [3.8, 4) is 5.75 Å². The van der Waals surface area contributed by atoms with E-state index in [-0.39, 0.29) is 25.6 Å². The van der Waals surface area contributed by atoms with E-state index in [1.165, 1.54) is 28.6 Å². The summed E-state index contributed by atoms with van der Waals surface area (Å²) in [7, 11) is -3.60. The third kappa shape index (κ3) is 6.45. The van der Waals surface area contributed by atoms with Crippen molar-refractivity contribution >= 4 is 33.2 Å². The molecule has 0 bridgehead atoms. The van der Waals surface area contributed by atoms with E-state index >= 15 is 0 Å². The number of halogens is 2. The molecule has 0 heterocycles. The molecule has 0 aliphatic carbocycles. The van der Waals surface area contributed by atoms with Crippen molar-refractivity contribution < 1.29 is 22.3 Å². The lowest BCUT2D eigenvalue weighted by atomic mass is 10.1. The Morgan fingerprint density at radius 3 is 2.31 bits per heavy atom. The number of para-hydroxylation sites is 1. The zero-order valence-electron chi connectivity index (χ0n) is 17.3. The lowest BCUT2D eigenvalue weighted by Gasteiger charge is -2.22. The number of rotatable bonds is 9. The van der Waals surface area contributed by atoms with Gasteiger partial charge in [0.25, 0.3) is 5.91 Å². The Morgan fingerprint density at radius 2 is 1.69 bits per heavy atom. The van der Waals surface area contributed by atoms with Gasteiger partial charge < -0.3 is 10.1 Å². The first-order chi connectivity index (χ1) is 15.2. The molecule has 32 heavy (non-hydrogen) atoms. The van der Waals surface area contributed by atoms with Crippen molar-refractivity contribution in [2.75, 3.05) is 23.7 Å². The van der Waals surface area contributed by atoms with E-state index in [0.29, 0.717) is 27.6 Å². The summed E-state index contributed by atoms with van der Waals surface area (Å²) in [5.41, 5.74) is 1.41. The Labute approximate surface area is 191 Å². The van der Waals surface area contributed by atoms with Gasteiger partial charge in [0, 0.05) is 5.56 Å². The topological polar surface area (TPSA) is 75.7 Å². The number of nitrogens with one attached hydrogen (secondary N) is 1. The number of sulfonamides is 1. The molecule has 0 fully saturated rings. The lowest BCUT2D eigenvalue weighted by molar-refractivity contribution is 0.0947. The van der Waals surface area contributed by atoms with Gasteiger partial charge in [-0.2, -0.15) is 0 Å². The van der Waals surface area contributed by atoms with Gasteiger partial charge >= 0.3 is 0 Å². The predicted molar refractivity (Wildman–Crippen MR) is 123 cm³/mol. The number of carbonyl (C=O) groups is 1. The van der Waals surface area contributed by atoms with Crippen LogP contribution in [0.3, 0.4) is 0 Å². The molecule has 3 aromatic rings. The molecule has 6 nitrogen and oxygen atoms in total. The fraction of sp³-hybridized carbons (Fsp3) is 0.174. The maximum Gasteiger partial charge on any atom is 0.251 e. The third-order valence-corrected chi connectivity index (χ3v) is 5.99. The molecule has 1 N–H and O–H groups in total. The molecular formula is C23H22ClFN2O4S. The molecule has 0 saturated carbocycles. The van der Waals surface area contributed by atoms with E-state index in [9.17, 15) is 17.6 Å². The van der Waals surface area contributed by atoms with Gasteiger partial charge in [0.1, 0.15) is 18.2 Å². The van der Waals surface area contributed by atoms with E-state index in [1.54, 1.807) is 48.5 Å². The quantitative estimate of drug-likeness (QED) is 0.468. The monoisotopic (exact) mass is 476 g/mol. The smallest absolute Gasteiger partial charge is 0.251 e. The Bertz CT molecular complexity index is 1170. The summed E-state index contributed by atoms with van der Waals surface area (Å²) in [6, 6.07) is 18.9. The van der Waals surface area contributed by atoms with Crippen LogP contribution in [0, 0.1) is 5.82 Å². The fourth-order valence-corrected chi connectivity index (χ4v) is 4.00. The maximum atomic E-state index is 13.1.